The molecule has 1 N–H and O–H groups in total. The van der Waals surface area contributed by atoms with Gasteiger partial charge in [-0.1, -0.05) is 6.07 Å². The Kier molecular flexibility index (Phi) is 10.5. The van der Waals surface area contributed by atoms with Gasteiger partial charge in [0.1, 0.15) is 0 Å². The van der Waals surface area contributed by atoms with Crippen molar-refractivity contribution in [2.24, 2.45) is 0 Å². The molecule has 0 aliphatic rings. The molecule has 0 bridgehead atoms. The second-order valence-corrected chi connectivity index (χ2v) is 6.75. The van der Waals surface area contributed by atoms with Gasteiger partial charge >= 0.3 is 0 Å². The number of rotatable bonds is 14. The molecule has 2 aromatic carbocycles. The van der Waals surface area contributed by atoms with Crippen LogP contribution in [0, 0.1) is 0 Å². The third-order valence-electron chi connectivity index (χ3n) is 4.48. The SMILES string of the molecule is CCOc1ccc(CCNC(=O)c2cc(OCC)c(OCC)c(OCC)c2)cc1OCC. The van der Waals surface area contributed by atoms with E-state index >= 15 is 0 Å². The summed E-state index contributed by atoms with van der Waals surface area (Å²) in [6.07, 6.45) is 0.659. The molecule has 0 radical (unpaired) electrons. The first-order chi connectivity index (χ1) is 15.6. The average molecular weight is 446 g/mol. The molecule has 0 atom stereocenters. The Morgan fingerprint density at radius 1 is 0.688 bits per heavy atom. The molecule has 0 saturated heterocycles. The summed E-state index contributed by atoms with van der Waals surface area (Å²) < 4.78 is 28.4. The molecule has 1 amide bonds. The lowest BCUT2D eigenvalue weighted by atomic mass is 10.1. The molecule has 0 saturated carbocycles. The Balaban J connectivity index is 2.11. The maximum absolute atomic E-state index is 12.8. The average Bonchev–Trinajstić information content (AvgIpc) is 2.78. The van der Waals surface area contributed by atoms with Crippen LogP contribution >= 0.6 is 0 Å². The minimum Gasteiger partial charge on any atom is -0.490 e. The highest BCUT2D eigenvalue weighted by molar-refractivity contribution is 5.95. The van der Waals surface area contributed by atoms with Crippen LogP contribution in [0.3, 0.4) is 0 Å². The Bertz CT molecular complexity index is 841. The molecular weight excluding hydrogens is 410 g/mol. The molecule has 7 heteroatoms. The number of nitrogens with one attached hydrogen (secondary N) is 1. The summed E-state index contributed by atoms with van der Waals surface area (Å²) in [7, 11) is 0. The van der Waals surface area contributed by atoms with Crippen LogP contribution in [0.4, 0.5) is 0 Å². The van der Waals surface area contributed by atoms with E-state index in [1.165, 1.54) is 0 Å². The Morgan fingerprint density at radius 3 is 1.78 bits per heavy atom. The molecule has 176 valence electrons. The van der Waals surface area contributed by atoms with Crippen LogP contribution in [0.1, 0.15) is 50.5 Å². The number of carbonyl (C=O) groups excluding carboxylic acids is 1. The van der Waals surface area contributed by atoms with Crippen molar-refractivity contribution >= 4 is 5.91 Å². The lowest BCUT2D eigenvalue weighted by Gasteiger charge is -2.17. The van der Waals surface area contributed by atoms with E-state index in [0.717, 1.165) is 11.3 Å². The second kappa shape index (κ2) is 13.3. The fourth-order valence-electron chi connectivity index (χ4n) is 3.19. The van der Waals surface area contributed by atoms with E-state index in [1.807, 2.05) is 52.8 Å². The minimum absolute atomic E-state index is 0.203. The molecule has 0 unspecified atom stereocenters. The Hall–Kier alpha value is -3.09. The lowest BCUT2D eigenvalue weighted by molar-refractivity contribution is 0.0953. The number of carbonyl (C=O) groups is 1. The summed E-state index contributed by atoms with van der Waals surface area (Å²) in [4.78, 5) is 12.8. The number of ether oxygens (including phenoxy) is 5. The molecule has 2 rings (SSSR count). The summed E-state index contributed by atoms with van der Waals surface area (Å²) in [6.45, 7) is 12.5. The first kappa shape index (κ1) is 25.2. The van der Waals surface area contributed by atoms with Crippen molar-refractivity contribution in [2.45, 2.75) is 41.0 Å². The van der Waals surface area contributed by atoms with E-state index in [4.69, 9.17) is 23.7 Å². The highest BCUT2D eigenvalue weighted by Crippen LogP contribution is 2.39. The summed E-state index contributed by atoms with van der Waals surface area (Å²) in [6, 6.07) is 9.22. The van der Waals surface area contributed by atoms with Crippen LogP contribution in [-0.4, -0.2) is 45.5 Å². The monoisotopic (exact) mass is 445 g/mol. The summed E-state index contributed by atoms with van der Waals surface area (Å²) >= 11 is 0. The van der Waals surface area contributed by atoms with Gasteiger partial charge < -0.3 is 29.0 Å². The van der Waals surface area contributed by atoms with Gasteiger partial charge in [-0.2, -0.15) is 0 Å². The van der Waals surface area contributed by atoms with Gasteiger partial charge in [-0.05, 0) is 70.9 Å². The smallest absolute Gasteiger partial charge is 0.251 e. The third-order valence-corrected chi connectivity index (χ3v) is 4.48. The van der Waals surface area contributed by atoms with Crippen LogP contribution in [0.15, 0.2) is 30.3 Å². The Labute approximate surface area is 191 Å². The minimum atomic E-state index is -0.203. The molecule has 2 aromatic rings. The highest BCUT2D eigenvalue weighted by Gasteiger charge is 2.18. The van der Waals surface area contributed by atoms with Crippen LogP contribution in [-0.2, 0) is 6.42 Å². The van der Waals surface area contributed by atoms with E-state index in [2.05, 4.69) is 5.32 Å². The number of benzene rings is 2. The van der Waals surface area contributed by atoms with Gasteiger partial charge in [-0.3, -0.25) is 4.79 Å². The van der Waals surface area contributed by atoms with Gasteiger partial charge in [0.25, 0.3) is 5.91 Å². The molecule has 0 aliphatic carbocycles. The van der Waals surface area contributed by atoms with Crippen molar-refractivity contribution in [2.75, 3.05) is 39.6 Å². The van der Waals surface area contributed by atoms with Crippen molar-refractivity contribution in [1.29, 1.82) is 0 Å². The maximum Gasteiger partial charge on any atom is 0.251 e. The number of amides is 1. The predicted molar refractivity (Wildman–Crippen MR) is 125 cm³/mol. The molecule has 0 spiro atoms. The van der Waals surface area contributed by atoms with Crippen molar-refractivity contribution in [3.63, 3.8) is 0 Å². The fraction of sp³-hybridized carbons (Fsp3) is 0.480. The maximum atomic E-state index is 12.8. The van der Waals surface area contributed by atoms with Crippen LogP contribution in [0.5, 0.6) is 28.7 Å². The van der Waals surface area contributed by atoms with Gasteiger partial charge in [-0.15, -0.1) is 0 Å². The topological polar surface area (TPSA) is 75.3 Å². The Morgan fingerprint density at radius 2 is 1.22 bits per heavy atom. The standard InChI is InChI=1S/C25H35NO6/c1-6-28-20-12-11-18(15-21(20)29-7-2)13-14-26-25(27)19-16-22(30-8-3)24(32-10-5)23(17-19)31-9-4/h11-12,15-17H,6-10,13-14H2,1-5H3,(H,26,27). The molecule has 0 fully saturated rings. The molecular formula is C25H35NO6. The number of hydrogen-bond donors (Lipinski definition) is 1. The van der Waals surface area contributed by atoms with E-state index in [9.17, 15) is 4.79 Å². The highest BCUT2D eigenvalue weighted by atomic mass is 16.5. The summed E-state index contributed by atoms with van der Waals surface area (Å²) in [5.41, 5.74) is 1.51. The zero-order chi connectivity index (χ0) is 23.3. The van der Waals surface area contributed by atoms with E-state index < -0.39 is 0 Å². The fourth-order valence-corrected chi connectivity index (χ4v) is 3.19. The summed E-state index contributed by atoms with van der Waals surface area (Å²) in [5.74, 6) is 2.75. The van der Waals surface area contributed by atoms with E-state index in [-0.39, 0.29) is 5.91 Å². The predicted octanol–water partition coefficient (Wildman–Crippen LogP) is 4.65. The number of hydrogen-bond acceptors (Lipinski definition) is 6. The first-order valence-electron chi connectivity index (χ1n) is 11.3. The molecule has 7 nitrogen and oxygen atoms in total. The van der Waals surface area contributed by atoms with Gasteiger partial charge in [0.15, 0.2) is 23.0 Å². The second-order valence-electron chi connectivity index (χ2n) is 6.75. The van der Waals surface area contributed by atoms with Crippen molar-refractivity contribution < 1.29 is 28.5 Å². The van der Waals surface area contributed by atoms with E-state index in [0.29, 0.717) is 74.6 Å². The van der Waals surface area contributed by atoms with Crippen LogP contribution < -0.4 is 29.0 Å². The largest absolute Gasteiger partial charge is 0.490 e. The van der Waals surface area contributed by atoms with Crippen molar-refractivity contribution in [3.05, 3.63) is 41.5 Å². The van der Waals surface area contributed by atoms with Crippen LogP contribution in [0.25, 0.3) is 0 Å². The van der Waals surface area contributed by atoms with E-state index in [1.54, 1.807) is 12.1 Å². The zero-order valence-electron chi connectivity index (χ0n) is 19.8. The molecule has 0 heterocycles. The van der Waals surface area contributed by atoms with Crippen molar-refractivity contribution in [3.8, 4) is 28.7 Å². The quantitative estimate of drug-likeness (QED) is 0.456. The molecule has 32 heavy (non-hydrogen) atoms. The van der Waals surface area contributed by atoms with Crippen LogP contribution in [0.2, 0.25) is 0 Å². The third kappa shape index (κ3) is 6.97. The van der Waals surface area contributed by atoms with Gasteiger partial charge in [0.2, 0.25) is 5.75 Å². The zero-order valence-corrected chi connectivity index (χ0v) is 19.8. The molecule has 0 aromatic heterocycles. The lowest BCUT2D eigenvalue weighted by Crippen LogP contribution is -2.26. The van der Waals surface area contributed by atoms with Gasteiger partial charge in [-0.25, -0.2) is 0 Å². The summed E-state index contributed by atoms with van der Waals surface area (Å²) in [5, 5.41) is 2.97. The van der Waals surface area contributed by atoms with Gasteiger partial charge in [0.05, 0.1) is 33.0 Å². The van der Waals surface area contributed by atoms with Crippen molar-refractivity contribution in [1.82, 2.24) is 5.32 Å². The first-order valence-corrected chi connectivity index (χ1v) is 11.3. The normalized spacial score (nSPS) is 10.4. The molecule has 0 aliphatic heterocycles. The van der Waals surface area contributed by atoms with Gasteiger partial charge in [0, 0.05) is 12.1 Å².